The highest BCUT2D eigenvalue weighted by atomic mass is 35.5. The summed E-state index contributed by atoms with van der Waals surface area (Å²) in [5.41, 5.74) is 5.93. The Bertz CT molecular complexity index is 523. The van der Waals surface area contributed by atoms with Gasteiger partial charge in [0.05, 0.1) is 11.8 Å². The van der Waals surface area contributed by atoms with Crippen LogP contribution in [0.15, 0.2) is 41.0 Å². The predicted octanol–water partition coefficient (Wildman–Crippen LogP) is 2.80. The zero-order chi connectivity index (χ0) is 12.3. The second-order valence-corrected chi connectivity index (χ2v) is 3.86. The molecule has 0 aliphatic heterocycles. The van der Waals surface area contributed by atoms with Gasteiger partial charge in [-0.1, -0.05) is 11.6 Å². The Morgan fingerprint density at radius 3 is 2.88 bits per heavy atom. The van der Waals surface area contributed by atoms with E-state index in [2.05, 4.69) is 0 Å². The standard InChI is InChI=1S/C12H11ClN2O2/c13-8-3-4-11(10(6-8)12(14)15)17-7-9-2-1-5-16-9/h1-6H,7H2,(H3,14,15). The van der Waals surface area contributed by atoms with Crippen molar-refractivity contribution in [2.75, 3.05) is 0 Å². The molecule has 1 aromatic carbocycles. The average molecular weight is 251 g/mol. The van der Waals surface area contributed by atoms with E-state index in [4.69, 9.17) is 31.9 Å². The van der Waals surface area contributed by atoms with Crippen molar-refractivity contribution in [3.05, 3.63) is 52.9 Å². The van der Waals surface area contributed by atoms with Crippen LogP contribution in [0.25, 0.3) is 0 Å². The number of nitrogen functional groups attached to an aromatic ring is 1. The maximum Gasteiger partial charge on any atom is 0.146 e. The lowest BCUT2D eigenvalue weighted by atomic mass is 10.2. The second-order valence-electron chi connectivity index (χ2n) is 3.42. The van der Waals surface area contributed by atoms with Gasteiger partial charge in [-0.3, -0.25) is 5.41 Å². The summed E-state index contributed by atoms with van der Waals surface area (Å²) in [5, 5.41) is 7.96. The minimum atomic E-state index is -0.0815. The highest BCUT2D eigenvalue weighted by Gasteiger charge is 2.08. The molecule has 88 valence electrons. The number of halogens is 1. The number of nitrogens with one attached hydrogen (secondary N) is 1. The quantitative estimate of drug-likeness (QED) is 0.647. The van der Waals surface area contributed by atoms with E-state index >= 15 is 0 Å². The number of hydrogen-bond donors (Lipinski definition) is 2. The number of rotatable bonds is 4. The Balaban J connectivity index is 2.17. The molecule has 1 heterocycles. The third-order valence-electron chi connectivity index (χ3n) is 2.18. The Morgan fingerprint density at radius 2 is 2.24 bits per heavy atom. The van der Waals surface area contributed by atoms with Gasteiger partial charge in [0.2, 0.25) is 0 Å². The summed E-state index contributed by atoms with van der Waals surface area (Å²) < 4.78 is 10.7. The van der Waals surface area contributed by atoms with Crippen molar-refractivity contribution in [3.8, 4) is 5.75 Å². The Kier molecular flexibility index (Phi) is 3.35. The molecular formula is C12H11ClN2O2. The minimum Gasteiger partial charge on any atom is -0.485 e. The predicted molar refractivity (Wildman–Crippen MR) is 65.5 cm³/mol. The van der Waals surface area contributed by atoms with E-state index in [1.165, 1.54) is 0 Å². The van der Waals surface area contributed by atoms with Crippen molar-refractivity contribution in [1.29, 1.82) is 5.41 Å². The van der Waals surface area contributed by atoms with Gasteiger partial charge < -0.3 is 14.9 Å². The van der Waals surface area contributed by atoms with Crippen LogP contribution < -0.4 is 10.5 Å². The first kappa shape index (κ1) is 11.5. The summed E-state index contributed by atoms with van der Waals surface area (Å²) in [6, 6.07) is 8.56. The molecule has 0 radical (unpaired) electrons. The van der Waals surface area contributed by atoms with Crippen molar-refractivity contribution >= 4 is 17.4 Å². The van der Waals surface area contributed by atoms with Gasteiger partial charge >= 0.3 is 0 Å². The third kappa shape index (κ3) is 2.79. The Labute approximate surface area is 103 Å². The molecule has 0 saturated carbocycles. The van der Waals surface area contributed by atoms with Crippen molar-refractivity contribution in [1.82, 2.24) is 0 Å². The molecule has 0 fully saturated rings. The molecule has 1 aromatic heterocycles. The van der Waals surface area contributed by atoms with Crippen LogP contribution in [0.5, 0.6) is 5.75 Å². The maximum absolute atomic E-state index is 7.44. The van der Waals surface area contributed by atoms with Gasteiger partial charge in [0, 0.05) is 5.02 Å². The van der Waals surface area contributed by atoms with Gasteiger partial charge in [-0.25, -0.2) is 0 Å². The number of nitrogens with two attached hydrogens (primary N) is 1. The molecule has 0 atom stereocenters. The summed E-state index contributed by atoms with van der Waals surface area (Å²) >= 11 is 5.83. The normalized spacial score (nSPS) is 10.2. The number of amidine groups is 1. The van der Waals surface area contributed by atoms with E-state index in [0.717, 1.165) is 0 Å². The second kappa shape index (κ2) is 4.93. The smallest absolute Gasteiger partial charge is 0.146 e. The number of benzene rings is 1. The van der Waals surface area contributed by atoms with Crippen LogP contribution >= 0.6 is 11.6 Å². The zero-order valence-corrected chi connectivity index (χ0v) is 9.70. The third-order valence-corrected chi connectivity index (χ3v) is 2.42. The SMILES string of the molecule is N=C(N)c1cc(Cl)ccc1OCc1ccco1. The number of ether oxygens (including phenoxy) is 1. The first-order valence-electron chi connectivity index (χ1n) is 4.96. The van der Waals surface area contributed by atoms with Crippen LogP contribution in [-0.2, 0) is 6.61 Å². The lowest BCUT2D eigenvalue weighted by Gasteiger charge is -2.09. The zero-order valence-electron chi connectivity index (χ0n) is 8.94. The van der Waals surface area contributed by atoms with Crippen LogP contribution in [0, 0.1) is 5.41 Å². The summed E-state index contributed by atoms with van der Waals surface area (Å²) in [4.78, 5) is 0. The lowest BCUT2D eigenvalue weighted by Crippen LogP contribution is -2.13. The number of furan rings is 1. The van der Waals surface area contributed by atoms with E-state index in [0.29, 0.717) is 22.1 Å². The van der Waals surface area contributed by atoms with Gasteiger partial charge in [-0.2, -0.15) is 0 Å². The molecule has 5 heteroatoms. The largest absolute Gasteiger partial charge is 0.485 e. The fourth-order valence-corrected chi connectivity index (χ4v) is 1.55. The van der Waals surface area contributed by atoms with Crippen molar-refractivity contribution in [3.63, 3.8) is 0 Å². The van der Waals surface area contributed by atoms with Gasteiger partial charge in [-0.05, 0) is 30.3 Å². The minimum absolute atomic E-state index is 0.0815. The summed E-state index contributed by atoms with van der Waals surface area (Å²) in [6.07, 6.45) is 1.58. The topological polar surface area (TPSA) is 72.2 Å². The summed E-state index contributed by atoms with van der Waals surface area (Å²) in [6.45, 7) is 0.287. The molecule has 2 aromatic rings. The first-order chi connectivity index (χ1) is 8.16. The first-order valence-corrected chi connectivity index (χ1v) is 5.34. The Morgan fingerprint density at radius 1 is 1.41 bits per heavy atom. The molecule has 0 unspecified atom stereocenters. The van der Waals surface area contributed by atoms with E-state index in [1.54, 1.807) is 30.5 Å². The van der Waals surface area contributed by atoms with Crippen molar-refractivity contribution in [2.45, 2.75) is 6.61 Å². The molecule has 3 N–H and O–H groups in total. The van der Waals surface area contributed by atoms with Crippen LogP contribution in [0.4, 0.5) is 0 Å². The van der Waals surface area contributed by atoms with Crippen LogP contribution in [0.1, 0.15) is 11.3 Å². The highest BCUT2D eigenvalue weighted by molar-refractivity contribution is 6.31. The molecule has 17 heavy (non-hydrogen) atoms. The van der Waals surface area contributed by atoms with Crippen LogP contribution in [0.2, 0.25) is 5.02 Å². The van der Waals surface area contributed by atoms with Gasteiger partial charge in [0.15, 0.2) is 0 Å². The molecule has 0 saturated heterocycles. The van der Waals surface area contributed by atoms with Crippen LogP contribution in [0.3, 0.4) is 0 Å². The molecule has 0 bridgehead atoms. The van der Waals surface area contributed by atoms with E-state index in [9.17, 15) is 0 Å². The highest BCUT2D eigenvalue weighted by Crippen LogP contribution is 2.23. The Hall–Kier alpha value is -1.94. The van der Waals surface area contributed by atoms with Crippen molar-refractivity contribution in [2.24, 2.45) is 5.73 Å². The molecule has 0 spiro atoms. The molecule has 0 aliphatic carbocycles. The maximum atomic E-state index is 7.44. The molecule has 0 aliphatic rings. The number of hydrogen-bond acceptors (Lipinski definition) is 3. The summed E-state index contributed by atoms with van der Waals surface area (Å²) in [5.74, 6) is 1.13. The molecule has 2 rings (SSSR count). The van der Waals surface area contributed by atoms with E-state index in [-0.39, 0.29) is 12.4 Å². The van der Waals surface area contributed by atoms with E-state index in [1.807, 2.05) is 6.07 Å². The fourth-order valence-electron chi connectivity index (χ4n) is 1.38. The van der Waals surface area contributed by atoms with E-state index < -0.39 is 0 Å². The van der Waals surface area contributed by atoms with Gasteiger partial charge in [-0.15, -0.1) is 0 Å². The van der Waals surface area contributed by atoms with Gasteiger partial charge in [0.25, 0.3) is 0 Å². The monoisotopic (exact) mass is 250 g/mol. The van der Waals surface area contributed by atoms with Crippen molar-refractivity contribution < 1.29 is 9.15 Å². The van der Waals surface area contributed by atoms with Gasteiger partial charge in [0.1, 0.15) is 24.0 Å². The fraction of sp³-hybridized carbons (Fsp3) is 0.0833. The molecule has 0 amide bonds. The van der Waals surface area contributed by atoms with Crippen LogP contribution in [-0.4, -0.2) is 5.84 Å². The molecular weight excluding hydrogens is 240 g/mol. The summed E-state index contributed by atoms with van der Waals surface area (Å²) in [7, 11) is 0. The molecule has 4 nitrogen and oxygen atoms in total. The lowest BCUT2D eigenvalue weighted by molar-refractivity contribution is 0.270. The average Bonchev–Trinajstić information content (AvgIpc) is 2.80.